The number of aliphatic hydroxyl groups is 2. The van der Waals surface area contributed by atoms with E-state index >= 15 is 0 Å². The summed E-state index contributed by atoms with van der Waals surface area (Å²) in [6.45, 7) is -0.0998. The quantitative estimate of drug-likeness (QED) is 0.484. The molecule has 1 aliphatic rings. The van der Waals surface area contributed by atoms with E-state index in [9.17, 15) is 24.6 Å². The van der Waals surface area contributed by atoms with Crippen LogP contribution in [0.25, 0.3) is 0 Å². The molecule has 0 bridgehead atoms. The third-order valence-electron chi connectivity index (χ3n) is 4.93. The van der Waals surface area contributed by atoms with Gasteiger partial charge in [-0.3, -0.25) is 19.3 Å². The Kier molecular flexibility index (Phi) is 5.46. The average Bonchev–Trinajstić information content (AvgIpc) is 3.07. The molecule has 1 heterocycles. The molecule has 4 N–H and O–H groups in total. The molecule has 3 rings (SSSR count). The normalized spacial score (nSPS) is 18.5. The number of rotatable bonds is 7. The van der Waals surface area contributed by atoms with Crippen molar-refractivity contribution < 1.29 is 24.6 Å². The number of nitrogens with two attached hydrogens (primary N) is 1. The molecule has 0 fully saturated rings. The van der Waals surface area contributed by atoms with Gasteiger partial charge in [-0.1, -0.05) is 36.4 Å². The van der Waals surface area contributed by atoms with Gasteiger partial charge in [-0.15, -0.1) is 0 Å². The Bertz CT molecular complexity index is 865. The van der Waals surface area contributed by atoms with Crippen LogP contribution < -0.4 is 5.73 Å². The largest absolute Gasteiger partial charge is 0.395 e. The number of hydrogen-bond donors (Lipinski definition) is 3. The minimum absolute atomic E-state index is 0.266. The number of benzene rings is 2. The fourth-order valence-electron chi connectivity index (χ4n) is 3.55. The van der Waals surface area contributed by atoms with Crippen molar-refractivity contribution in [1.29, 1.82) is 0 Å². The summed E-state index contributed by atoms with van der Waals surface area (Å²) in [6.07, 6.45) is -0.865. The molecule has 3 unspecified atom stereocenters. The molecule has 7 heteroatoms. The molecule has 140 valence electrons. The third kappa shape index (κ3) is 3.52. The number of carbonyl (C=O) groups excluding carboxylic acids is 3. The zero-order valence-corrected chi connectivity index (χ0v) is 14.5. The lowest BCUT2D eigenvalue weighted by Gasteiger charge is -2.34. The second-order valence-corrected chi connectivity index (χ2v) is 6.47. The summed E-state index contributed by atoms with van der Waals surface area (Å²) in [4.78, 5) is 36.2. The van der Waals surface area contributed by atoms with Crippen LogP contribution in [0.15, 0.2) is 48.5 Å². The zero-order chi connectivity index (χ0) is 19.6. The van der Waals surface area contributed by atoms with Crippen LogP contribution in [-0.4, -0.2) is 45.7 Å². The van der Waals surface area contributed by atoms with E-state index in [0.29, 0.717) is 23.2 Å². The summed E-state index contributed by atoms with van der Waals surface area (Å²) in [5, 5.41) is 20.7. The highest BCUT2D eigenvalue weighted by Crippen LogP contribution is 2.38. The maximum Gasteiger partial charge on any atom is 0.248 e. The summed E-state index contributed by atoms with van der Waals surface area (Å²) >= 11 is 0. The van der Waals surface area contributed by atoms with Crippen LogP contribution in [0.2, 0.25) is 0 Å². The number of fused-ring (bicyclic) bond motifs is 1. The molecule has 0 saturated heterocycles. The molecule has 0 radical (unpaired) electrons. The highest BCUT2D eigenvalue weighted by molar-refractivity contribution is 6.27. The van der Waals surface area contributed by atoms with Gasteiger partial charge in [0.15, 0.2) is 6.29 Å². The molecule has 0 saturated carbocycles. The highest BCUT2D eigenvalue weighted by atomic mass is 16.3. The highest BCUT2D eigenvalue weighted by Gasteiger charge is 2.41. The summed E-state index contributed by atoms with van der Waals surface area (Å²) in [6, 6.07) is 11.6. The van der Waals surface area contributed by atoms with Gasteiger partial charge in [0, 0.05) is 12.1 Å². The fraction of sp³-hybridized carbons (Fsp3) is 0.250. The smallest absolute Gasteiger partial charge is 0.248 e. The van der Waals surface area contributed by atoms with E-state index < -0.39 is 36.5 Å². The van der Waals surface area contributed by atoms with Gasteiger partial charge in [-0.25, -0.2) is 0 Å². The monoisotopic (exact) mass is 368 g/mol. The molecule has 7 nitrogen and oxygen atoms in total. The van der Waals surface area contributed by atoms with E-state index in [-0.39, 0.29) is 6.29 Å². The standard InChI is InChI=1S/C20H20N2O5/c21-20(27)13-7-5-12(6-8-13)19(26)16(10-23)22-9-14-3-1-2-4-15(14)18(22)17(25)11-24/h1-8,11,16,18-19,23,26H,9-10H2,(H2,21,27). The van der Waals surface area contributed by atoms with Gasteiger partial charge in [-0.2, -0.15) is 0 Å². The van der Waals surface area contributed by atoms with Gasteiger partial charge in [0.1, 0.15) is 6.04 Å². The minimum atomic E-state index is -1.13. The minimum Gasteiger partial charge on any atom is -0.395 e. The fourth-order valence-corrected chi connectivity index (χ4v) is 3.55. The van der Waals surface area contributed by atoms with Crippen molar-refractivity contribution in [3.63, 3.8) is 0 Å². The molecule has 0 aromatic heterocycles. The van der Waals surface area contributed by atoms with Crippen molar-refractivity contribution in [2.45, 2.75) is 24.7 Å². The Labute approximate surface area is 156 Å². The van der Waals surface area contributed by atoms with Crippen molar-refractivity contribution >= 4 is 18.0 Å². The van der Waals surface area contributed by atoms with Crippen LogP contribution in [0, 0.1) is 0 Å². The van der Waals surface area contributed by atoms with Crippen molar-refractivity contribution in [2.75, 3.05) is 6.61 Å². The van der Waals surface area contributed by atoms with Crippen LogP contribution in [-0.2, 0) is 16.1 Å². The van der Waals surface area contributed by atoms with Gasteiger partial charge in [0.25, 0.3) is 0 Å². The summed E-state index contributed by atoms with van der Waals surface area (Å²) in [5.41, 5.74) is 7.55. The van der Waals surface area contributed by atoms with E-state index in [1.807, 2.05) is 12.1 Å². The van der Waals surface area contributed by atoms with Crippen molar-refractivity contribution in [3.05, 3.63) is 70.8 Å². The first-order valence-corrected chi connectivity index (χ1v) is 8.49. The first-order valence-electron chi connectivity index (χ1n) is 8.49. The predicted molar refractivity (Wildman–Crippen MR) is 96.6 cm³/mol. The number of nitrogens with zero attached hydrogens (tertiary/aromatic N) is 1. The Morgan fingerprint density at radius 2 is 1.85 bits per heavy atom. The number of carbonyl (C=O) groups is 3. The number of Topliss-reactive ketones (excluding diaryl/α,β-unsaturated/α-hetero) is 1. The molecule has 1 amide bonds. The molecule has 1 aliphatic heterocycles. The van der Waals surface area contributed by atoms with Crippen LogP contribution in [0.1, 0.15) is 39.2 Å². The van der Waals surface area contributed by atoms with Gasteiger partial charge < -0.3 is 15.9 Å². The Morgan fingerprint density at radius 1 is 1.19 bits per heavy atom. The number of aldehydes is 1. The zero-order valence-electron chi connectivity index (χ0n) is 14.5. The van der Waals surface area contributed by atoms with E-state index in [2.05, 4.69) is 0 Å². The van der Waals surface area contributed by atoms with Gasteiger partial charge in [-0.05, 0) is 28.8 Å². The molecular formula is C20H20N2O5. The lowest BCUT2D eigenvalue weighted by atomic mass is 9.97. The molecule has 2 aromatic carbocycles. The number of primary amides is 1. The average molecular weight is 368 g/mol. The predicted octanol–water partition coefficient (Wildman–Crippen LogP) is 0.505. The molecule has 0 spiro atoms. The van der Waals surface area contributed by atoms with Crippen molar-refractivity contribution in [3.8, 4) is 0 Å². The SMILES string of the molecule is NC(=O)c1ccc(C(O)C(CO)N2Cc3ccccc3C2C(=O)C=O)cc1. The Hall–Kier alpha value is -2.87. The van der Waals surface area contributed by atoms with E-state index in [0.717, 1.165) is 5.56 Å². The number of aliphatic hydroxyl groups excluding tert-OH is 2. The van der Waals surface area contributed by atoms with Gasteiger partial charge in [0.2, 0.25) is 11.7 Å². The second kappa shape index (κ2) is 7.79. The van der Waals surface area contributed by atoms with Crippen molar-refractivity contribution in [1.82, 2.24) is 4.90 Å². The van der Waals surface area contributed by atoms with Crippen LogP contribution in [0.5, 0.6) is 0 Å². The van der Waals surface area contributed by atoms with Crippen molar-refractivity contribution in [2.24, 2.45) is 5.73 Å². The molecule has 3 atom stereocenters. The molecular weight excluding hydrogens is 348 g/mol. The maximum atomic E-state index is 12.3. The Morgan fingerprint density at radius 3 is 2.44 bits per heavy atom. The third-order valence-corrected chi connectivity index (χ3v) is 4.93. The number of amides is 1. The second-order valence-electron chi connectivity index (χ2n) is 6.47. The summed E-state index contributed by atoms with van der Waals surface area (Å²) in [7, 11) is 0. The molecule has 2 aromatic rings. The topological polar surface area (TPSA) is 121 Å². The van der Waals surface area contributed by atoms with E-state index in [4.69, 9.17) is 5.73 Å². The van der Waals surface area contributed by atoms with Crippen LogP contribution in [0.4, 0.5) is 0 Å². The van der Waals surface area contributed by atoms with Gasteiger partial charge >= 0.3 is 0 Å². The lowest BCUT2D eigenvalue weighted by molar-refractivity contribution is -0.135. The van der Waals surface area contributed by atoms with Crippen LogP contribution >= 0.6 is 0 Å². The maximum absolute atomic E-state index is 12.3. The molecule has 0 aliphatic carbocycles. The number of hydrogen-bond acceptors (Lipinski definition) is 6. The Balaban J connectivity index is 1.93. The first kappa shape index (κ1) is 18.9. The summed E-state index contributed by atoms with van der Waals surface area (Å²) < 4.78 is 0. The van der Waals surface area contributed by atoms with E-state index in [1.165, 1.54) is 12.1 Å². The molecule has 27 heavy (non-hydrogen) atoms. The summed E-state index contributed by atoms with van der Waals surface area (Å²) in [5.74, 6) is -1.21. The lowest BCUT2D eigenvalue weighted by Crippen LogP contribution is -2.43. The van der Waals surface area contributed by atoms with E-state index in [1.54, 1.807) is 29.2 Å². The first-order chi connectivity index (χ1) is 13.0. The number of ketones is 1. The van der Waals surface area contributed by atoms with Gasteiger partial charge in [0.05, 0.1) is 18.8 Å². The van der Waals surface area contributed by atoms with Crippen LogP contribution in [0.3, 0.4) is 0 Å².